The van der Waals surface area contributed by atoms with Gasteiger partial charge in [-0.3, -0.25) is 14.8 Å². The number of likely N-dealkylation sites (tertiary alicyclic amines) is 1. The van der Waals surface area contributed by atoms with Crippen LogP contribution in [-0.2, 0) is 0 Å². The van der Waals surface area contributed by atoms with Gasteiger partial charge in [-0.2, -0.15) is 0 Å². The highest BCUT2D eigenvalue weighted by molar-refractivity contribution is 5.10. The minimum absolute atomic E-state index is 0.266. The predicted molar refractivity (Wildman–Crippen MR) is 78.9 cm³/mol. The molecule has 0 aromatic carbocycles. The lowest BCUT2D eigenvalue weighted by molar-refractivity contribution is 0.188. The number of hydrogen-bond acceptors (Lipinski definition) is 4. The van der Waals surface area contributed by atoms with Crippen molar-refractivity contribution in [1.29, 1.82) is 0 Å². The summed E-state index contributed by atoms with van der Waals surface area (Å²) in [6, 6.07) is 7.03. The maximum absolute atomic E-state index is 5.98. The number of aromatic nitrogens is 1. The van der Waals surface area contributed by atoms with Gasteiger partial charge < -0.3 is 5.73 Å². The second kappa shape index (κ2) is 6.98. The molecule has 2 unspecified atom stereocenters. The van der Waals surface area contributed by atoms with Gasteiger partial charge in [0.1, 0.15) is 0 Å². The third kappa shape index (κ3) is 3.32. The van der Waals surface area contributed by atoms with Crippen LogP contribution in [0.5, 0.6) is 0 Å². The second-order valence-electron chi connectivity index (χ2n) is 5.16. The first-order valence-corrected chi connectivity index (χ1v) is 7.39. The van der Waals surface area contributed by atoms with Crippen molar-refractivity contribution >= 4 is 0 Å². The van der Waals surface area contributed by atoms with E-state index >= 15 is 0 Å². The van der Waals surface area contributed by atoms with Gasteiger partial charge in [0.2, 0.25) is 0 Å². The van der Waals surface area contributed by atoms with Crippen molar-refractivity contribution in [2.24, 2.45) is 5.73 Å². The zero-order valence-electron chi connectivity index (χ0n) is 12.1. The molecule has 2 atom stereocenters. The highest BCUT2D eigenvalue weighted by Gasteiger charge is 2.31. The molecule has 1 saturated heterocycles. The molecule has 1 aliphatic rings. The number of hydrogen-bond donors (Lipinski definition) is 1. The van der Waals surface area contributed by atoms with Crippen molar-refractivity contribution < 1.29 is 0 Å². The number of rotatable bonds is 6. The normalized spacial score (nSPS) is 22.0. The zero-order valence-corrected chi connectivity index (χ0v) is 12.1. The summed E-state index contributed by atoms with van der Waals surface area (Å²) in [5.41, 5.74) is 7.08. The molecule has 0 aliphatic carbocycles. The van der Waals surface area contributed by atoms with Crippen molar-refractivity contribution in [2.45, 2.75) is 32.4 Å². The Morgan fingerprint density at radius 2 is 2.21 bits per heavy atom. The minimum atomic E-state index is 0.266. The van der Waals surface area contributed by atoms with Crippen LogP contribution in [0.25, 0.3) is 0 Å². The maximum atomic E-state index is 5.98. The van der Waals surface area contributed by atoms with Crippen LogP contribution >= 0.6 is 0 Å². The number of nitrogens with two attached hydrogens (primary N) is 1. The molecule has 1 aromatic heterocycles. The highest BCUT2D eigenvalue weighted by atomic mass is 15.3. The average molecular weight is 262 g/mol. The van der Waals surface area contributed by atoms with E-state index in [4.69, 9.17) is 5.73 Å². The molecule has 4 nitrogen and oxygen atoms in total. The fourth-order valence-electron chi connectivity index (χ4n) is 3.12. The summed E-state index contributed by atoms with van der Waals surface area (Å²) in [5, 5.41) is 0. The fraction of sp³-hybridized carbons (Fsp3) is 0.667. The molecule has 0 amide bonds. The average Bonchev–Trinajstić information content (AvgIpc) is 2.92. The fourth-order valence-corrected chi connectivity index (χ4v) is 3.12. The van der Waals surface area contributed by atoms with Gasteiger partial charge in [0.05, 0.1) is 11.7 Å². The van der Waals surface area contributed by atoms with Crippen LogP contribution in [0.3, 0.4) is 0 Å². The smallest absolute Gasteiger partial charge is 0.0645 e. The molecule has 2 rings (SSSR count). The van der Waals surface area contributed by atoms with Crippen molar-refractivity contribution in [1.82, 2.24) is 14.8 Å². The van der Waals surface area contributed by atoms with Crippen LogP contribution in [0.2, 0.25) is 0 Å². The molecule has 1 aromatic rings. The van der Waals surface area contributed by atoms with Gasteiger partial charge in [-0.15, -0.1) is 0 Å². The van der Waals surface area contributed by atoms with Crippen molar-refractivity contribution in [3.8, 4) is 0 Å². The number of pyridine rings is 1. The Morgan fingerprint density at radius 3 is 2.79 bits per heavy atom. The van der Waals surface area contributed by atoms with Gasteiger partial charge in [-0.1, -0.05) is 19.9 Å². The Bertz CT molecular complexity index is 364. The van der Waals surface area contributed by atoms with Crippen molar-refractivity contribution in [3.63, 3.8) is 0 Å². The van der Waals surface area contributed by atoms with Crippen molar-refractivity contribution in [3.05, 3.63) is 30.1 Å². The van der Waals surface area contributed by atoms with E-state index in [0.29, 0.717) is 12.6 Å². The first-order valence-electron chi connectivity index (χ1n) is 7.39. The Morgan fingerprint density at radius 1 is 1.42 bits per heavy atom. The summed E-state index contributed by atoms with van der Waals surface area (Å²) < 4.78 is 0. The monoisotopic (exact) mass is 262 g/mol. The van der Waals surface area contributed by atoms with Gasteiger partial charge in [-0.25, -0.2) is 0 Å². The van der Waals surface area contributed by atoms with Gasteiger partial charge >= 0.3 is 0 Å². The van der Waals surface area contributed by atoms with Crippen LogP contribution in [-0.4, -0.2) is 53.5 Å². The zero-order chi connectivity index (χ0) is 13.7. The summed E-state index contributed by atoms with van der Waals surface area (Å²) in [4.78, 5) is 9.51. The second-order valence-corrected chi connectivity index (χ2v) is 5.16. The Kier molecular flexibility index (Phi) is 5.31. The summed E-state index contributed by atoms with van der Waals surface area (Å²) in [6.45, 7) is 9.62. The van der Waals surface area contributed by atoms with Gasteiger partial charge in [-0.05, 0) is 31.6 Å². The Hall–Kier alpha value is -0.970. The Labute approximate surface area is 116 Å². The molecule has 106 valence electrons. The molecule has 2 heterocycles. The van der Waals surface area contributed by atoms with E-state index in [-0.39, 0.29) is 6.04 Å². The van der Waals surface area contributed by atoms with Gasteiger partial charge in [0.15, 0.2) is 0 Å². The van der Waals surface area contributed by atoms with Gasteiger partial charge in [0, 0.05) is 31.9 Å². The highest BCUT2D eigenvalue weighted by Crippen LogP contribution is 2.25. The van der Waals surface area contributed by atoms with E-state index in [9.17, 15) is 0 Å². The third-order valence-corrected chi connectivity index (χ3v) is 4.22. The topological polar surface area (TPSA) is 45.4 Å². The molecular weight excluding hydrogens is 236 g/mol. The molecular formula is C15H26N4. The lowest BCUT2D eigenvalue weighted by atomic mass is 10.1. The number of nitrogens with zero attached hydrogens (tertiary/aromatic N) is 3. The standard InChI is InChI=1S/C15H26N4/c1-3-18(4-2)13-8-10-19(12-13)15(11-16)14-7-5-6-9-17-14/h5-7,9,13,15H,3-4,8,10-12,16H2,1-2H3. The molecule has 2 N–H and O–H groups in total. The first kappa shape index (κ1) is 14.4. The summed E-state index contributed by atoms with van der Waals surface area (Å²) in [7, 11) is 0. The van der Waals surface area contributed by atoms with Crippen LogP contribution in [0.4, 0.5) is 0 Å². The SMILES string of the molecule is CCN(CC)C1CCN(C(CN)c2ccccn2)C1. The van der Waals surface area contributed by atoms with E-state index < -0.39 is 0 Å². The predicted octanol–water partition coefficient (Wildman–Crippen LogP) is 1.50. The van der Waals surface area contributed by atoms with E-state index in [1.165, 1.54) is 6.42 Å². The summed E-state index contributed by atoms with van der Waals surface area (Å²) >= 11 is 0. The lowest BCUT2D eigenvalue weighted by Gasteiger charge is -2.29. The quantitative estimate of drug-likeness (QED) is 0.844. The van der Waals surface area contributed by atoms with Crippen LogP contribution in [0, 0.1) is 0 Å². The van der Waals surface area contributed by atoms with Crippen LogP contribution in [0.1, 0.15) is 32.0 Å². The molecule has 1 fully saturated rings. The van der Waals surface area contributed by atoms with Gasteiger partial charge in [0.25, 0.3) is 0 Å². The summed E-state index contributed by atoms with van der Waals surface area (Å²) in [6.07, 6.45) is 3.10. The largest absolute Gasteiger partial charge is 0.329 e. The van der Waals surface area contributed by atoms with E-state index in [1.807, 2.05) is 18.3 Å². The molecule has 0 spiro atoms. The van der Waals surface area contributed by atoms with Crippen LogP contribution < -0.4 is 5.73 Å². The van der Waals surface area contributed by atoms with Crippen LogP contribution in [0.15, 0.2) is 24.4 Å². The molecule has 19 heavy (non-hydrogen) atoms. The maximum Gasteiger partial charge on any atom is 0.0645 e. The van der Waals surface area contributed by atoms with Crippen molar-refractivity contribution in [2.75, 3.05) is 32.7 Å². The number of likely N-dealkylation sites (N-methyl/N-ethyl adjacent to an activating group) is 1. The first-order chi connectivity index (χ1) is 9.30. The lowest BCUT2D eigenvalue weighted by Crippen LogP contribution is -2.39. The van der Waals surface area contributed by atoms with E-state index in [0.717, 1.165) is 31.9 Å². The minimum Gasteiger partial charge on any atom is -0.329 e. The van der Waals surface area contributed by atoms with E-state index in [1.54, 1.807) is 0 Å². The molecule has 1 aliphatic heterocycles. The molecule has 0 saturated carbocycles. The molecule has 4 heteroatoms. The van der Waals surface area contributed by atoms with E-state index in [2.05, 4.69) is 34.7 Å². The third-order valence-electron chi connectivity index (χ3n) is 4.22. The molecule has 0 bridgehead atoms. The Balaban J connectivity index is 2.02. The summed E-state index contributed by atoms with van der Waals surface area (Å²) in [5.74, 6) is 0. The molecule has 0 radical (unpaired) electrons.